The van der Waals surface area contributed by atoms with Crippen LogP contribution < -0.4 is 10.6 Å². The van der Waals surface area contributed by atoms with Crippen molar-refractivity contribution in [3.8, 4) is 0 Å². The van der Waals surface area contributed by atoms with Crippen LogP contribution >= 0.6 is 0 Å². The summed E-state index contributed by atoms with van der Waals surface area (Å²) >= 11 is 0. The standard InChI is InChI=1S/C20H23FN2O2/c1-13-11-16(21)9-10-17(13)23-18(24)12-22-19(25)14-5-7-15(8-6-14)20(2,3)4/h5-11H,12H2,1-4H3,(H,22,25)(H,23,24). The molecule has 2 aromatic carbocycles. The Bertz CT molecular complexity index is 777. The van der Waals surface area contributed by atoms with Crippen molar-refractivity contribution in [1.82, 2.24) is 5.32 Å². The number of amides is 2. The van der Waals surface area contributed by atoms with Gasteiger partial charge in [0.05, 0.1) is 6.54 Å². The average Bonchev–Trinajstić information content (AvgIpc) is 2.54. The number of rotatable bonds is 4. The van der Waals surface area contributed by atoms with Crippen LogP contribution in [0.1, 0.15) is 42.3 Å². The number of hydrogen-bond acceptors (Lipinski definition) is 2. The largest absolute Gasteiger partial charge is 0.343 e. The molecule has 2 N–H and O–H groups in total. The molecule has 0 aliphatic rings. The van der Waals surface area contributed by atoms with E-state index in [9.17, 15) is 14.0 Å². The molecule has 0 atom stereocenters. The zero-order valence-corrected chi connectivity index (χ0v) is 14.9. The van der Waals surface area contributed by atoms with Crippen molar-refractivity contribution in [3.63, 3.8) is 0 Å². The number of halogens is 1. The molecule has 0 heterocycles. The minimum atomic E-state index is -0.366. The number of carbonyl (C=O) groups is 2. The van der Waals surface area contributed by atoms with E-state index in [1.807, 2.05) is 12.1 Å². The second kappa shape index (κ2) is 7.47. The topological polar surface area (TPSA) is 58.2 Å². The van der Waals surface area contributed by atoms with Gasteiger partial charge in [-0.15, -0.1) is 0 Å². The maximum atomic E-state index is 13.1. The molecule has 0 spiro atoms. The molecule has 4 nitrogen and oxygen atoms in total. The van der Waals surface area contributed by atoms with E-state index in [-0.39, 0.29) is 29.6 Å². The Morgan fingerprint density at radius 2 is 1.68 bits per heavy atom. The quantitative estimate of drug-likeness (QED) is 0.888. The summed E-state index contributed by atoms with van der Waals surface area (Å²) in [7, 11) is 0. The number of nitrogens with one attached hydrogen (secondary N) is 2. The fourth-order valence-electron chi connectivity index (χ4n) is 2.35. The Kier molecular flexibility index (Phi) is 5.57. The molecule has 0 saturated carbocycles. The first-order chi connectivity index (χ1) is 11.7. The van der Waals surface area contributed by atoms with E-state index in [0.717, 1.165) is 5.56 Å². The van der Waals surface area contributed by atoms with Gasteiger partial charge in [-0.3, -0.25) is 9.59 Å². The maximum absolute atomic E-state index is 13.1. The summed E-state index contributed by atoms with van der Waals surface area (Å²) in [6.45, 7) is 7.85. The first kappa shape index (κ1) is 18.6. The molecule has 0 aliphatic heterocycles. The van der Waals surface area contributed by atoms with Gasteiger partial charge in [0, 0.05) is 11.3 Å². The first-order valence-electron chi connectivity index (χ1n) is 8.11. The van der Waals surface area contributed by atoms with E-state index in [1.165, 1.54) is 18.2 Å². The van der Waals surface area contributed by atoms with Crippen LogP contribution in [-0.2, 0) is 10.2 Å². The lowest BCUT2D eigenvalue weighted by molar-refractivity contribution is -0.115. The van der Waals surface area contributed by atoms with Crippen molar-refractivity contribution in [2.45, 2.75) is 33.1 Å². The summed E-state index contributed by atoms with van der Waals surface area (Å²) in [6.07, 6.45) is 0. The molecule has 0 fully saturated rings. The van der Waals surface area contributed by atoms with Crippen LogP contribution in [-0.4, -0.2) is 18.4 Å². The number of benzene rings is 2. The lowest BCUT2D eigenvalue weighted by Crippen LogP contribution is -2.33. The van der Waals surface area contributed by atoms with Crippen LogP contribution in [0.2, 0.25) is 0 Å². The molecule has 5 heteroatoms. The Balaban J connectivity index is 1.92. The highest BCUT2D eigenvalue weighted by molar-refractivity contribution is 5.99. The monoisotopic (exact) mass is 342 g/mol. The van der Waals surface area contributed by atoms with E-state index in [1.54, 1.807) is 19.1 Å². The predicted octanol–water partition coefficient (Wildman–Crippen LogP) is 3.80. The van der Waals surface area contributed by atoms with E-state index < -0.39 is 0 Å². The molecule has 0 aromatic heterocycles. The Hall–Kier alpha value is -2.69. The number of hydrogen-bond donors (Lipinski definition) is 2. The van der Waals surface area contributed by atoms with Gasteiger partial charge in [0.25, 0.3) is 5.91 Å². The van der Waals surface area contributed by atoms with Crippen LogP contribution in [0.3, 0.4) is 0 Å². The molecule has 0 bridgehead atoms. The van der Waals surface area contributed by atoms with Gasteiger partial charge in [0.1, 0.15) is 5.82 Å². The van der Waals surface area contributed by atoms with Crippen molar-refractivity contribution in [2.24, 2.45) is 0 Å². The van der Waals surface area contributed by atoms with Crippen LogP contribution in [0, 0.1) is 12.7 Å². The van der Waals surface area contributed by atoms with Gasteiger partial charge in [0.2, 0.25) is 5.91 Å². The van der Waals surface area contributed by atoms with Crippen molar-refractivity contribution in [2.75, 3.05) is 11.9 Å². The Morgan fingerprint density at radius 3 is 2.24 bits per heavy atom. The van der Waals surface area contributed by atoms with Gasteiger partial charge in [0.15, 0.2) is 0 Å². The molecular weight excluding hydrogens is 319 g/mol. The fourth-order valence-corrected chi connectivity index (χ4v) is 2.35. The Labute approximate surface area is 147 Å². The Morgan fingerprint density at radius 1 is 1.04 bits per heavy atom. The van der Waals surface area contributed by atoms with Crippen molar-refractivity contribution >= 4 is 17.5 Å². The third-order valence-corrected chi connectivity index (χ3v) is 3.89. The van der Waals surface area contributed by atoms with Gasteiger partial charge in [-0.2, -0.15) is 0 Å². The molecule has 0 aliphatic carbocycles. The molecular formula is C20H23FN2O2. The third kappa shape index (κ3) is 5.14. The lowest BCUT2D eigenvalue weighted by Gasteiger charge is -2.19. The van der Waals surface area contributed by atoms with E-state index in [2.05, 4.69) is 31.4 Å². The second-order valence-corrected chi connectivity index (χ2v) is 7.02. The molecule has 2 amide bonds. The minimum absolute atomic E-state index is 0.0158. The number of anilines is 1. The predicted molar refractivity (Wildman–Crippen MR) is 97.2 cm³/mol. The van der Waals surface area contributed by atoms with Gasteiger partial charge in [-0.25, -0.2) is 4.39 Å². The minimum Gasteiger partial charge on any atom is -0.343 e. The smallest absolute Gasteiger partial charge is 0.251 e. The highest BCUT2D eigenvalue weighted by Gasteiger charge is 2.14. The summed E-state index contributed by atoms with van der Waals surface area (Å²) in [6, 6.07) is 11.4. The number of aryl methyl sites for hydroxylation is 1. The number of carbonyl (C=O) groups excluding carboxylic acids is 2. The second-order valence-electron chi connectivity index (χ2n) is 7.02. The van der Waals surface area contributed by atoms with Crippen LogP contribution in [0.25, 0.3) is 0 Å². The van der Waals surface area contributed by atoms with Crippen molar-refractivity contribution in [1.29, 1.82) is 0 Å². The molecule has 2 aromatic rings. The summed E-state index contributed by atoms with van der Waals surface area (Å²) in [5.41, 5.74) is 2.79. The van der Waals surface area contributed by atoms with Crippen molar-refractivity contribution in [3.05, 3.63) is 65.0 Å². The summed E-state index contributed by atoms with van der Waals surface area (Å²) in [4.78, 5) is 24.1. The van der Waals surface area contributed by atoms with E-state index in [4.69, 9.17) is 0 Å². The van der Waals surface area contributed by atoms with Gasteiger partial charge in [-0.1, -0.05) is 32.9 Å². The highest BCUT2D eigenvalue weighted by atomic mass is 19.1. The van der Waals surface area contributed by atoms with Crippen LogP contribution in [0.4, 0.5) is 10.1 Å². The molecule has 2 rings (SSSR count). The molecule has 0 unspecified atom stereocenters. The van der Waals surface area contributed by atoms with E-state index in [0.29, 0.717) is 16.8 Å². The van der Waals surface area contributed by atoms with Gasteiger partial charge >= 0.3 is 0 Å². The summed E-state index contributed by atoms with van der Waals surface area (Å²) in [5, 5.41) is 5.24. The van der Waals surface area contributed by atoms with Crippen LogP contribution in [0.5, 0.6) is 0 Å². The zero-order valence-electron chi connectivity index (χ0n) is 14.9. The third-order valence-electron chi connectivity index (χ3n) is 3.89. The fraction of sp³-hybridized carbons (Fsp3) is 0.300. The molecule has 0 saturated heterocycles. The van der Waals surface area contributed by atoms with Gasteiger partial charge < -0.3 is 10.6 Å². The molecule has 0 radical (unpaired) electrons. The summed E-state index contributed by atoms with van der Waals surface area (Å²) < 4.78 is 13.1. The maximum Gasteiger partial charge on any atom is 0.251 e. The average molecular weight is 342 g/mol. The lowest BCUT2D eigenvalue weighted by atomic mass is 9.87. The SMILES string of the molecule is Cc1cc(F)ccc1NC(=O)CNC(=O)c1ccc(C(C)(C)C)cc1. The van der Waals surface area contributed by atoms with Crippen LogP contribution in [0.15, 0.2) is 42.5 Å². The molecule has 25 heavy (non-hydrogen) atoms. The zero-order chi connectivity index (χ0) is 18.6. The van der Waals surface area contributed by atoms with Gasteiger partial charge in [-0.05, 0) is 53.8 Å². The highest BCUT2D eigenvalue weighted by Crippen LogP contribution is 2.22. The first-order valence-corrected chi connectivity index (χ1v) is 8.11. The normalized spacial score (nSPS) is 11.1. The molecule has 132 valence electrons. The summed E-state index contributed by atoms with van der Waals surface area (Å²) in [5.74, 6) is -1.04. The van der Waals surface area contributed by atoms with E-state index >= 15 is 0 Å². The van der Waals surface area contributed by atoms with Crippen molar-refractivity contribution < 1.29 is 14.0 Å².